The van der Waals surface area contributed by atoms with E-state index in [9.17, 15) is 4.79 Å². The third kappa shape index (κ3) is 3.69. The van der Waals surface area contributed by atoms with Crippen LogP contribution in [0.2, 0.25) is 0 Å². The van der Waals surface area contributed by atoms with Crippen molar-refractivity contribution >= 4 is 27.7 Å². The fraction of sp³-hybridized carbons (Fsp3) is 0.643. The Bertz CT molecular complexity index is 492. The molecule has 2 rings (SSSR count). The first-order valence-corrected chi connectivity index (χ1v) is 7.81. The predicted octanol–water partition coefficient (Wildman–Crippen LogP) is 2.42. The van der Waals surface area contributed by atoms with Crippen LogP contribution < -0.4 is 4.90 Å². The molecule has 0 N–H and O–H groups in total. The van der Waals surface area contributed by atoms with Crippen LogP contribution >= 0.6 is 15.9 Å². The van der Waals surface area contributed by atoms with E-state index >= 15 is 0 Å². The molecule has 1 amide bonds. The molecular weight excluding hydrogens is 320 g/mol. The lowest BCUT2D eigenvalue weighted by Crippen LogP contribution is -2.34. The molecule has 110 valence electrons. The zero-order valence-electron chi connectivity index (χ0n) is 12.3. The van der Waals surface area contributed by atoms with Gasteiger partial charge in [0.15, 0.2) is 0 Å². The van der Waals surface area contributed by atoms with E-state index in [-0.39, 0.29) is 5.91 Å². The van der Waals surface area contributed by atoms with Crippen molar-refractivity contribution in [1.29, 1.82) is 0 Å². The highest BCUT2D eigenvalue weighted by Crippen LogP contribution is 2.21. The van der Waals surface area contributed by atoms with Crippen LogP contribution in [-0.4, -0.2) is 47.0 Å². The maximum atomic E-state index is 11.5. The second-order valence-electron chi connectivity index (χ2n) is 5.41. The highest BCUT2D eigenvalue weighted by molar-refractivity contribution is 9.10. The normalized spacial score (nSPS) is 16.4. The summed E-state index contributed by atoms with van der Waals surface area (Å²) in [6.45, 7) is 9.14. The minimum atomic E-state index is 0.151. The average Bonchev–Trinajstić information content (AvgIpc) is 2.63. The number of anilines is 1. The number of rotatable bonds is 2. The third-order valence-corrected chi connectivity index (χ3v) is 3.89. The van der Waals surface area contributed by atoms with Crippen molar-refractivity contribution in [2.45, 2.75) is 33.1 Å². The van der Waals surface area contributed by atoms with Crippen molar-refractivity contribution in [2.24, 2.45) is 0 Å². The summed E-state index contributed by atoms with van der Waals surface area (Å²) in [6, 6.07) is 1.95. The van der Waals surface area contributed by atoms with Crippen LogP contribution in [0.4, 0.5) is 5.82 Å². The van der Waals surface area contributed by atoms with Crippen LogP contribution in [0, 0.1) is 0 Å². The molecule has 0 bridgehead atoms. The zero-order chi connectivity index (χ0) is 14.7. The van der Waals surface area contributed by atoms with Crippen LogP contribution in [0.25, 0.3) is 0 Å². The van der Waals surface area contributed by atoms with Crippen molar-refractivity contribution in [1.82, 2.24) is 14.9 Å². The summed E-state index contributed by atoms with van der Waals surface area (Å²) >= 11 is 3.46. The van der Waals surface area contributed by atoms with E-state index in [0.29, 0.717) is 5.92 Å². The second-order valence-corrected chi connectivity index (χ2v) is 6.22. The molecule has 6 heteroatoms. The van der Waals surface area contributed by atoms with Gasteiger partial charge < -0.3 is 9.80 Å². The maximum absolute atomic E-state index is 11.5. The van der Waals surface area contributed by atoms with Gasteiger partial charge in [0.05, 0.1) is 0 Å². The number of aromatic nitrogens is 2. The van der Waals surface area contributed by atoms with E-state index < -0.39 is 0 Å². The van der Waals surface area contributed by atoms with Gasteiger partial charge in [-0.25, -0.2) is 9.97 Å². The van der Waals surface area contributed by atoms with Crippen LogP contribution in [0.3, 0.4) is 0 Å². The lowest BCUT2D eigenvalue weighted by Gasteiger charge is -2.23. The molecule has 1 aromatic rings. The fourth-order valence-electron chi connectivity index (χ4n) is 2.30. The summed E-state index contributed by atoms with van der Waals surface area (Å²) in [5, 5.41) is 0. The predicted molar refractivity (Wildman–Crippen MR) is 82.9 cm³/mol. The molecule has 0 radical (unpaired) electrons. The summed E-state index contributed by atoms with van der Waals surface area (Å²) in [7, 11) is 0. The van der Waals surface area contributed by atoms with E-state index in [1.54, 1.807) is 6.92 Å². The SMILES string of the molecule is CC(=O)N1CCCN(c2cc(Br)nc(C(C)C)n2)CC1. The number of hydrogen-bond donors (Lipinski definition) is 0. The Hall–Kier alpha value is -1.17. The summed E-state index contributed by atoms with van der Waals surface area (Å²) in [5.41, 5.74) is 0. The number of amides is 1. The van der Waals surface area contributed by atoms with E-state index in [1.165, 1.54) is 0 Å². The Labute approximate surface area is 128 Å². The quantitative estimate of drug-likeness (QED) is 0.776. The average molecular weight is 341 g/mol. The van der Waals surface area contributed by atoms with Gasteiger partial charge in [0.1, 0.15) is 16.2 Å². The Morgan fingerprint density at radius 2 is 2.00 bits per heavy atom. The molecule has 1 aliphatic heterocycles. The molecule has 0 spiro atoms. The van der Waals surface area contributed by atoms with Gasteiger partial charge in [-0.15, -0.1) is 0 Å². The summed E-state index contributed by atoms with van der Waals surface area (Å²) < 4.78 is 0.818. The molecule has 1 saturated heterocycles. The zero-order valence-corrected chi connectivity index (χ0v) is 13.9. The topological polar surface area (TPSA) is 49.3 Å². The molecule has 1 aromatic heterocycles. The molecule has 0 aliphatic carbocycles. The monoisotopic (exact) mass is 340 g/mol. The van der Waals surface area contributed by atoms with E-state index in [4.69, 9.17) is 0 Å². The molecule has 5 nitrogen and oxygen atoms in total. The van der Waals surface area contributed by atoms with Gasteiger partial charge >= 0.3 is 0 Å². The van der Waals surface area contributed by atoms with Crippen molar-refractivity contribution in [3.8, 4) is 0 Å². The molecule has 2 heterocycles. The Morgan fingerprint density at radius 1 is 1.25 bits per heavy atom. The summed E-state index contributed by atoms with van der Waals surface area (Å²) in [6.07, 6.45) is 0.970. The van der Waals surface area contributed by atoms with Crippen LogP contribution in [0.5, 0.6) is 0 Å². The van der Waals surface area contributed by atoms with Gasteiger partial charge in [-0.1, -0.05) is 13.8 Å². The van der Waals surface area contributed by atoms with Crippen LogP contribution in [0.1, 0.15) is 38.9 Å². The Balaban J connectivity index is 2.17. The molecule has 20 heavy (non-hydrogen) atoms. The van der Waals surface area contributed by atoms with Crippen LogP contribution in [0.15, 0.2) is 10.7 Å². The standard InChI is InChI=1S/C14H21BrN4O/c1-10(2)14-16-12(15)9-13(17-14)19-6-4-5-18(7-8-19)11(3)20/h9-10H,4-8H2,1-3H3. The van der Waals surface area contributed by atoms with Gasteiger partial charge in [-0.3, -0.25) is 4.79 Å². The first-order valence-electron chi connectivity index (χ1n) is 7.02. The van der Waals surface area contributed by atoms with Crippen molar-refractivity contribution in [2.75, 3.05) is 31.1 Å². The maximum Gasteiger partial charge on any atom is 0.219 e. The minimum Gasteiger partial charge on any atom is -0.355 e. The fourth-order valence-corrected chi connectivity index (χ4v) is 2.69. The van der Waals surface area contributed by atoms with E-state index in [1.807, 2.05) is 11.0 Å². The van der Waals surface area contributed by atoms with Crippen LogP contribution in [-0.2, 0) is 4.79 Å². The van der Waals surface area contributed by atoms with Gasteiger partial charge in [-0.2, -0.15) is 0 Å². The largest absolute Gasteiger partial charge is 0.355 e. The number of carbonyl (C=O) groups excluding carboxylic acids is 1. The molecular formula is C14H21BrN4O. The molecule has 0 saturated carbocycles. The van der Waals surface area contributed by atoms with Gasteiger partial charge in [-0.05, 0) is 22.4 Å². The van der Waals surface area contributed by atoms with Gasteiger partial charge in [0, 0.05) is 45.1 Å². The smallest absolute Gasteiger partial charge is 0.219 e. The van der Waals surface area contributed by atoms with Gasteiger partial charge in [0.25, 0.3) is 0 Å². The third-order valence-electron chi connectivity index (χ3n) is 3.48. The first-order chi connectivity index (χ1) is 9.47. The highest BCUT2D eigenvalue weighted by Gasteiger charge is 2.18. The van der Waals surface area contributed by atoms with E-state index in [0.717, 1.165) is 48.8 Å². The lowest BCUT2D eigenvalue weighted by molar-refractivity contribution is -0.128. The van der Waals surface area contributed by atoms with E-state index in [2.05, 4.69) is 44.6 Å². The molecule has 1 fully saturated rings. The first kappa shape index (κ1) is 15.2. The lowest BCUT2D eigenvalue weighted by atomic mass is 10.2. The molecule has 0 unspecified atom stereocenters. The number of carbonyl (C=O) groups is 1. The van der Waals surface area contributed by atoms with Crippen molar-refractivity contribution < 1.29 is 4.79 Å². The molecule has 0 atom stereocenters. The molecule has 1 aliphatic rings. The summed E-state index contributed by atoms with van der Waals surface area (Å²) in [5.74, 6) is 2.24. The Morgan fingerprint density at radius 3 is 2.65 bits per heavy atom. The Kier molecular flexibility index (Phi) is 4.96. The minimum absolute atomic E-state index is 0.151. The van der Waals surface area contributed by atoms with Crippen molar-refractivity contribution in [3.63, 3.8) is 0 Å². The van der Waals surface area contributed by atoms with Crippen molar-refractivity contribution in [3.05, 3.63) is 16.5 Å². The number of nitrogens with zero attached hydrogens (tertiary/aromatic N) is 4. The van der Waals surface area contributed by atoms with Gasteiger partial charge in [0.2, 0.25) is 5.91 Å². The number of hydrogen-bond acceptors (Lipinski definition) is 4. The summed E-state index contributed by atoms with van der Waals surface area (Å²) in [4.78, 5) is 24.7. The number of halogens is 1. The highest BCUT2D eigenvalue weighted by atomic mass is 79.9. The molecule has 0 aromatic carbocycles. The second kappa shape index (κ2) is 6.52.